The Kier molecular flexibility index (Phi) is 18.7. The molecule has 0 radical (unpaired) electrons. The highest BCUT2D eigenvalue weighted by Crippen LogP contribution is 2.24. The van der Waals surface area contributed by atoms with Crippen molar-refractivity contribution in [2.75, 3.05) is 12.0 Å². The van der Waals surface area contributed by atoms with Gasteiger partial charge in [0.05, 0.1) is 23.9 Å². The summed E-state index contributed by atoms with van der Waals surface area (Å²) in [5, 5.41) is 23.0. The van der Waals surface area contributed by atoms with Gasteiger partial charge in [-0.2, -0.15) is 11.8 Å². The number of rotatable bonds is 19. The second-order valence-corrected chi connectivity index (χ2v) is 16.5. The van der Waals surface area contributed by atoms with E-state index in [0.29, 0.717) is 25.1 Å². The Hall–Kier alpha value is -2.83. The number of hydrogen-bond donors (Lipinski definition) is 5. The van der Waals surface area contributed by atoms with Crippen molar-refractivity contribution in [2.24, 2.45) is 17.8 Å². The SMILES string of the molecule is CSCC[C@H](NC(=O)[C@@H](NC(=O)[C@H](CC(C)C)C[C@H](O)[C@@H](NC(=O)OC(C)(C)C)[C@@H](C)OC(C)(C)C)C(C)C)C(=O)NCc1ccccc1. The number of ether oxygens (including phenoxy) is 2. The van der Waals surface area contributed by atoms with Crippen LogP contribution in [-0.4, -0.2) is 82.5 Å². The zero-order valence-electron chi connectivity index (χ0n) is 31.8. The number of carbonyl (C=O) groups is 4. The van der Waals surface area contributed by atoms with Crippen LogP contribution in [0.4, 0.5) is 4.79 Å². The van der Waals surface area contributed by atoms with Crippen molar-refractivity contribution in [2.45, 2.75) is 144 Å². The maximum atomic E-state index is 13.9. The molecular formula is C37H64N4O7S. The van der Waals surface area contributed by atoms with Crippen molar-refractivity contribution in [3.8, 4) is 0 Å². The number of thioether (sulfide) groups is 1. The summed E-state index contributed by atoms with van der Waals surface area (Å²) in [6.45, 7) is 20.6. The Morgan fingerprint density at radius 2 is 1.43 bits per heavy atom. The number of amides is 4. The molecule has 4 amide bonds. The number of alkyl carbamates (subject to hydrolysis) is 1. The third-order valence-electron chi connectivity index (χ3n) is 7.60. The maximum absolute atomic E-state index is 13.9. The van der Waals surface area contributed by atoms with Crippen molar-refractivity contribution < 1.29 is 33.8 Å². The fourth-order valence-electron chi connectivity index (χ4n) is 5.40. The molecule has 1 aromatic carbocycles. The first kappa shape index (κ1) is 44.2. The lowest BCUT2D eigenvalue weighted by atomic mass is 9.87. The summed E-state index contributed by atoms with van der Waals surface area (Å²) in [5.41, 5.74) is -0.373. The Bertz CT molecular complexity index is 1170. The van der Waals surface area contributed by atoms with Crippen LogP contribution in [0.5, 0.6) is 0 Å². The average molecular weight is 709 g/mol. The highest BCUT2D eigenvalue weighted by Gasteiger charge is 2.37. The summed E-state index contributed by atoms with van der Waals surface area (Å²) in [5.74, 6) is -1.36. The minimum Gasteiger partial charge on any atom is -0.444 e. The molecule has 0 heterocycles. The molecule has 49 heavy (non-hydrogen) atoms. The van der Waals surface area contributed by atoms with Crippen molar-refractivity contribution in [3.63, 3.8) is 0 Å². The molecule has 6 atom stereocenters. The first-order valence-corrected chi connectivity index (χ1v) is 18.8. The largest absolute Gasteiger partial charge is 0.444 e. The molecule has 0 bridgehead atoms. The quantitative estimate of drug-likeness (QED) is 0.132. The van der Waals surface area contributed by atoms with Gasteiger partial charge in [-0.3, -0.25) is 14.4 Å². The smallest absolute Gasteiger partial charge is 0.408 e. The molecule has 0 fully saturated rings. The lowest BCUT2D eigenvalue weighted by Crippen LogP contribution is -2.57. The van der Waals surface area contributed by atoms with Gasteiger partial charge in [0.1, 0.15) is 17.7 Å². The number of aliphatic hydroxyl groups excluding tert-OH is 1. The third-order valence-corrected chi connectivity index (χ3v) is 8.24. The van der Waals surface area contributed by atoms with Gasteiger partial charge in [0.15, 0.2) is 0 Å². The molecule has 0 aliphatic carbocycles. The zero-order valence-corrected chi connectivity index (χ0v) is 32.7. The summed E-state index contributed by atoms with van der Waals surface area (Å²) in [6, 6.07) is 6.95. The maximum Gasteiger partial charge on any atom is 0.408 e. The standard InChI is InChI=1S/C37H64N4O7S/c1-23(2)20-27(21-29(42)31(25(5)47-36(6,7)8)41-35(46)48-37(9,10)11)32(43)40-30(24(3)4)34(45)39-28(18-19-49-12)33(44)38-22-26-16-14-13-15-17-26/h13-17,23-25,27-31,42H,18-22H2,1-12H3,(H,38,44)(H,39,45)(H,40,43)(H,41,46)/t25-,27-,28+,29+,30+,31+/m1/s1. The summed E-state index contributed by atoms with van der Waals surface area (Å²) in [4.78, 5) is 53.5. The minimum absolute atomic E-state index is 0.00694. The van der Waals surface area contributed by atoms with E-state index in [1.165, 1.54) is 0 Å². The molecular weight excluding hydrogens is 644 g/mol. The molecule has 0 saturated heterocycles. The van der Waals surface area contributed by atoms with Gasteiger partial charge in [-0.1, -0.05) is 58.0 Å². The van der Waals surface area contributed by atoms with Crippen LogP contribution in [0.3, 0.4) is 0 Å². The van der Waals surface area contributed by atoms with Gasteiger partial charge in [0.2, 0.25) is 17.7 Å². The summed E-state index contributed by atoms with van der Waals surface area (Å²) in [7, 11) is 0. The third kappa shape index (κ3) is 18.1. The first-order valence-electron chi connectivity index (χ1n) is 17.4. The van der Waals surface area contributed by atoms with Gasteiger partial charge in [0, 0.05) is 12.5 Å². The Morgan fingerprint density at radius 3 is 1.94 bits per heavy atom. The first-order chi connectivity index (χ1) is 22.6. The normalized spacial score (nSPS) is 15.8. The van der Waals surface area contributed by atoms with Gasteiger partial charge < -0.3 is 35.8 Å². The van der Waals surface area contributed by atoms with Crippen LogP contribution in [0.1, 0.15) is 101 Å². The molecule has 0 aromatic heterocycles. The fraction of sp³-hybridized carbons (Fsp3) is 0.730. The van der Waals surface area contributed by atoms with Crippen molar-refractivity contribution >= 4 is 35.6 Å². The summed E-state index contributed by atoms with van der Waals surface area (Å²) >= 11 is 1.57. The van der Waals surface area contributed by atoms with Gasteiger partial charge in [0.25, 0.3) is 0 Å². The molecule has 11 nitrogen and oxygen atoms in total. The minimum atomic E-state index is -1.17. The van der Waals surface area contributed by atoms with E-state index >= 15 is 0 Å². The second-order valence-electron chi connectivity index (χ2n) is 15.5. The van der Waals surface area contributed by atoms with E-state index in [9.17, 15) is 24.3 Å². The average Bonchev–Trinajstić information content (AvgIpc) is 2.97. The number of aliphatic hydroxyl groups is 1. The molecule has 5 N–H and O–H groups in total. The van der Waals surface area contributed by atoms with Crippen molar-refractivity contribution in [1.29, 1.82) is 0 Å². The predicted molar refractivity (Wildman–Crippen MR) is 197 cm³/mol. The highest BCUT2D eigenvalue weighted by atomic mass is 32.2. The lowest BCUT2D eigenvalue weighted by molar-refractivity contribution is -0.135. The summed E-state index contributed by atoms with van der Waals surface area (Å²) < 4.78 is 11.6. The van der Waals surface area contributed by atoms with Crippen LogP contribution >= 0.6 is 11.8 Å². The van der Waals surface area contributed by atoms with E-state index in [-0.39, 0.29) is 24.2 Å². The molecule has 1 rings (SSSR count). The molecule has 0 aliphatic heterocycles. The molecule has 0 aliphatic rings. The molecule has 280 valence electrons. The van der Waals surface area contributed by atoms with E-state index in [4.69, 9.17) is 9.47 Å². The van der Waals surface area contributed by atoms with E-state index in [1.807, 2.05) is 85.1 Å². The van der Waals surface area contributed by atoms with Crippen LogP contribution in [0, 0.1) is 17.8 Å². The van der Waals surface area contributed by atoms with E-state index < -0.39 is 65.4 Å². The Labute approximate surface area is 299 Å². The Balaban J connectivity index is 3.18. The van der Waals surface area contributed by atoms with E-state index in [0.717, 1.165) is 5.56 Å². The second kappa shape index (κ2) is 20.7. The van der Waals surface area contributed by atoms with Gasteiger partial charge in [-0.25, -0.2) is 4.79 Å². The van der Waals surface area contributed by atoms with Crippen molar-refractivity contribution in [1.82, 2.24) is 21.3 Å². The topological polar surface area (TPSA) is 155 Å². The molecule has 12 heteroatoms. The van der Waals surface area contributed by atoms with Crippen LogP contribution < -0.4 is 21.3 Å². The number of nitrogens with one attached hydrogen (secondary N) is 4. The van der Waals surface area contributed by atoms with Crippen molar-refractivity contribution in [3.05, 3.63) is 35.9 Å². The van der Waals surface area contributed by atoms with Crippen LogP contribution in [0.25, 0.3) is 0 Å². The van der Waals surface area contributed by atoms with E-state index in [2.05, 4.69) is 21.3 Å². The van der Waals surface area contributed by atoms with Gasteiger partial charge in [-0.15, -0.1) is 0 Å². The van der Waals surface area contributed by atoms with Crippen LogP contribution in [-0.2, 0) is 30.4 Å². The molecule has 0 unspecified atom stereocenters. The highest BCUT2D eigenvalue weighted by molar-refractivity contribution is 7.98. The monoisotopic (exact) mass is 708 g/mol. The Morgan fingerprint density at radius 1 is 0.816 bits per heavy atom. The molecule has 1 aromatic rings. The van der Waals surface area contributed by atoms with Crippen LogP contribution in [0.2, 0.25) is 0 Å². The molecule has 0 saturated carbocycles. The number of carbonyl (C=O) groups excluding carboxylic acids is 4. The fourth-order valence-corrected chi connectivity index (χ4v) is 5.87. The van der Waals surface area contributed by atoms with Crippen LogP contribution in [0.15, 0.2) is 30.3 Å². The number of hydrogen-bond acceptors (Lipinski definition) is 8. The summed E-state index contributed by atoms with van der Waals surface area (Å²) in [6.07, 6.45) is 0.306. The zero-order chi connectivity index (χ0) is 37.5. The number of benzene rings is 1. The van der Waals surface area contributed by atoms with Gasteiger partial charge >= 0.3 is 6.09 Å². The predicted octanol–water partition coefficient (Wildman–Crippen LogP) is 5.19. The van der Waals surface area contributed by atoms with E-state index in [1.54, 1.807) is 39.5 Å². The lowest BCUT2D eigenvalue weighted by Gasteiger charge is -2.35. The molecule has 0 spiro atoms. The van der Waals surface area contributed by atoms with Gasteiger partial charge in [-0.05, 0) is 97.1 Å².